The molecule has 1 aromatic heterocycles. The number of quaternary nitrogens is 1. The van der Waals surface area contributed by atoms with Crippen LogP contribution in [-0.4, -0.2) is 59.4 Å². The number of esters is 1. The van der Waals surface area contributed by atoms with Crippen molar-refractivity contribution in [3.05, 3.63) is 32.2 Å². The van der Waals surface area contributed by atoms with E-state index in [9.17, 15) is 14.4 Å². The highest BCUT2D eigenvalue weighted by molar-refractivity contribution is 6.11. The number of fused-ring (bicyclic) bond motifs is 2. The molecule has 0 aliphatic heterocycles. The van der Waals surface area contributed by atoms with Crippen molar-refractivity contribution < 1.29 is 28.7 Å². The van der Waals surface area contributed by atoms with Crippen molar-refractivity contribution in [3.8, 4) is 5.75 Å². The molecule has 0 atom stereocenters. The second-order valence-corrected chi connectivity index (χ2v) is 10.6. The van der Waals surface area contributed by atoms with Gasteiger partial charge in [-0.15, -0.1) is 0 Å². The molecule has 2 N–H and O–H groups in total. The number of hydrogen-bond acceptors (Lipinski definition) is 8. The van der Waals surface area contributed by atoms with Crippen molar-refractivity contribution in [1.82, 2.24) is 4.57 Å². The molecule has 1 heterocycles. The molecule has 3 aromatic rings. The Labute approximate surface area is 223 Å². The predicted molar refractivity (Wildman–Crippen MR) is 147 cm³/mol. The molecule has 0 spiro atoms. The number of rotatable bonds is 10. The van der Waals surface area contributed by atoms with Gasteiger partial charge in [0.15, 0.2) is 6.61 Å². The van der Waals surface area contributed by atoms with Crippen LogP contribution in [0.25, 0.3) is 21.7 Å². The topological polar surface area (TPSA) is 141 Å². The number of carboxylic acids is 1. The van der Waals surface area contributed by atoms with Gasteiger partial charge in [-0.1, -0.05) is 0 Å². The fourth-order valence-corrected chi connectivity index (χ4v) is 4.85. The molecule has 0 saturated carbocycles. The molecule has 0 bridgehead atoms. The Morgan fingerprint density at radius 2 is 1.61 bits per heavy atom. The Balaban J connectivity index is 0.00000118. The first-order chi connectivity index (χ1) is 17.6. The Kier molecular flexibility index (Phi) is 9.72. The fourth-order valence-electron chi connectivity index (χ4n) is 4.85. The fraction of sp³-hybridized carbons (Fsp3) is 0.571. The average Bonchev–Trinajstić information content (AvgIpc) is 3.07. The Morgan fingerprint density at radius 3 is 2.11 bits per heavy atom. The van der Waals surface area contributed by atoms with Crippen LogP contribution >= 0.6 is 0 Å². The maximum Gasteiger partial charge on any atom is 0.344 e. The van der Waals surface area contributed by atoms with Crippen LogP contribution < -0.4 is 26.4 Å². The summed E-state index contributed by atoms with van der Waals surface area (Å²) >= 11 is 0. The standard InChI is InChI=1S/C26H38N3O5.C2H4O2/c1-8-29(9-2,10-3)13-11-12-28-16(4)22(27)21-18(28)14-17-20(24(32)23(17)31)25(21)33-15-19(30)34-26(5,6)7;1-2(3)4/h14H,8-13,15,27H2,1-7H3;1H3,(H,3,4)/q+1;/p-1. The van der Waals surface area contributed by atoms with E-state index in [0.717, 1.165) is 61.8 Å². The van der Waals surface area contributed by atoms with E-state index >= 15 is 0 Å². The lowest BCUT2D eigenvalue weighted by Crippen LogP contribution is -2.48. The lowest BCUT2D eigenvalue weighted by Gasteiger charge is -2.36. The van der Waals surface area contributed by atoms with E-state index in [2.05, 4.69) is 25.3 Å². The lowest BCUT2D eigenvalue weighted by atomic mass is 10.0. The molecule has 10 heteroatoms. The minimum atomic E-state index is -1.08. The van der Waals surface area contributed by atoms with Crippen LogP contribution in [-0.2, 0) is 20.9 Å². The molecular weight excluding hydrogens is 490 g/mol. The van der Waals surface area contributed by atoms with E-state index in [0.29, 0.717) is 16.5 Å². The largest absolute Gasteiger partial charge is 0.550 e. The van der Waals surface area contributed by atoms with Crippen LogP contribution in [0.3, 0.4) is 0 Å². The highest BCUT2D eigenvalue weighted by Gasteiger charge is 2.27. The minimum absolute atomic E-state index is 0.197. The molecule has 0 aliphatic rings. The van der Waals surface area contributed by atoms with Crippen molar-refractivity contribution in [2.45, 2.75) is 74.0 Å². The minimum Gasteiger partial charge on any atom is -0.550 e. The zero-order valence-corrected chi connectivity index (χ0v) is 23.9. The number of nitrogens with zero attached hydrogens (tertiary/aromatic N) is 2. The van der Waals surface area contributed by atoms with Crippen molar-refractivity contribution in [2.75, 3.05) is 38.5 Å². The number of carbonyl (C=O) groups is 2. The molecule has 0 amide bonds. The number of benzene rings is 1. The molecule has 0 unspecified atom stereocenters. The van der Waals surface area contributed by atoms with Gasteiger partial charge in [0, 0.05) is 30.0 Å². The lowest BCUT2D eigenvalue weighted by molar-refractivity contribution is -0.923. The smallest absolute Gasteiger partial charge is 0.344 e. The molecule has 210 valence electrons. The maximum absolute atomic E-state index is 12.4. The summed E-state index contributed by atoms with van der Waals surface area (Å²) in [5.74, 6) is -1.44. The van der Waals surface area contributed by atoms with E-state index in [1.54, 1.807) is 26.8 Å². The van der Waals surface area contributed by atoms with Crippen molar-refractivity contribution >= 4 is 39.3 Å². The Hall–Kier alpha value is -3.40. The van der Waals surface area contributed by atoms with Crippen LogP contribution in [0.2, 0.25) is 0 Å². The number of nitrogen functional groups attached to an aromatic ring is 1. The number of carboxylic acid groups (broad SMARTS) is 1. The number of aryl methyl sites for hydroxylation is 1. The first-order valence-corrected chi connectivity index (χ1v) is 13.0. The third kappa shape index (κ3) is 6.53. The Bertz CT molecular complexity index is 1370. The van der Waals surface area contributed by atoms with Gasteiger partial charge in [-0.25, -0.2) is 4.79 Å². The van der Waals surface area contributed by atoms with Crippen LogP contribution in [0.15, 0.2) is 15.7 Å². The summed E-state index contributed by atoms with van der Waals surface area (Å²) in [6.07, 6.45) is 0.942. The predicted octanol–water partition coefficient (Wildman–Crippen LogP) is 2.02. The van der Waals surface area contributed by atoms with Crippen LogP contribution in [0.4, 0.5) is 5.69 Å². The number of nitrogens with two attached hydrogens (primary N) is 1. The van der Waals surface area contributed by atoms with E-state index in [1.165, 1.54) is 0 Å². The van der Waals surface area contributed by atoms with Gasteiger partial charge in [-0.05, 0) is 61.5 Å². The molecule has 0 radical (unpaired) electrons. The average molecular weight is 532 g/mol. The second-order valence-electron chi connectivity index (χ2n) is 10.6. The van der Waals surface area contributed by atoms with Gasteiger partial charge in [0.1, 0.15) is 11.4 Å². The van der Waals surface area contributed by atoms with Crippen molar-refractivity contribution in [2.24, 2.45) is 0 Å². The summed E-state index contributed by atoms with van der Waals surface area (Å²) < 4.78 is 14.3. The molecule has 0 fully saturated rings. The van der Waals surface area contributed by atoms with Gasteiger partial charge in [0.05, 0.1) is 48.2 Å². The summed E-state index contributed by atoms with van der Waals surface area (Å²) in [5.41, 5.74) is 6.76. The molecule has 3 rings (SSSR count). The molecule has 2 aromatic carbocycles. The third-order valence-electron chi connectivity index (χ3n) is 7.07. The third-order valence-corrected chi connectivity index (χ3v) is 7.07. The van der Waals surface area contributed by atoms with Gasteiger partial charge < -0.3 is 34.2 Å². The number of ether oxygens (including phenoxy) is 2. The van der Waals surface area contributed by atoms with Gasteiger partial charge in [-0.2, -0.15) is 0 Å². The van der Waals surface area contributed by atoms with Gasteiger partial charge in [0.25, 0.3) is 0 Å². The quantitative estimate of drug-likeness (QED) is 0.238. The van der Waals surface area contributed by atoms with E-state index < -0.39 is 28.4 Å². The molecular formula is C28H41N3O7. The zero-order valence-electron chi connectivity index (χ0n) is 23.9. The van der Waals surface area contributed by atoms with Gasteiger partial charge in [0.2, 0.25) is 10.9 Å². The van der Waals surface area contributed by atoms with Crippen molar-refractivity contribution in [3.63, 3.8) is 0 Å². The van der Waals surface area contributed by atoms with E-state index in [-0.39, 0.29) is 17.7 Å². The summed E-state index contributed by atoms with van der Waals surface area (Å²) in [6, 6.07) is 1.74. The zero-order chi connectivity index (χ0) is 29.0. The molecule has 0 saturated heterocycles. The normalized spacial score (nSPS) is 12.0. The van der Waals surface area contributed by atoms with E-state index in [4.69, 9.17) is 25.1 Å². The maximum atomic E-state index is 12.4. The number of hydrogen-bond donors (Lipinski definition) is 1. The number of carbonyl (C=O) groups excluding carboxylic acids is 2. The molecule has 10 nitrogen and oxygen atoms in total. The molecule has 38 heavy (non-hydrogen) atoms. The summed E-state index contributed by atoms with van der Waals surface area (Å²) in [4.78, 5) is 45.8. The number of aromatic nitrogens is 1. The highest BCUT2D eigenvalue weighted by atomic mass is 16.6. The monoisotopic (exact) mass is 531 g/mol. The van der Waals surface area contributed by atoms with Gasteiger partial charge >= 0.3 is 5.97 Å². The van der Waals surface area contributed by atoms with Crippen LogP contribution in [0, 0.1) is 6.92 Å². The second kappa shape index (κ2) is 12.0. The highest BCUT2D eigenvalue weighted by Crippen LogP contribution is 2.40. The number of anilines is 1. The van der Waals surface area contributed by atoms with E-state index in [1.807, 2.05) is 6.92 Å². The summed E-state index contributed by atoms with van der Waals surface area (Å²) in [5, 5.41) is 9.97. The Morgan fingerprint density at radius 1 is 1.05 bits per heavy atom. The summed E-state index contributed by atoms with van der Waals surface area (Å²) in [7, 11) is 0. The van der Waals surface area contributed by atoms with Crippen molar-refractivity contribution in [1.29, 1.82) is 0 Å². The van der Waals surface area contributed by atoms with Crippen LogP contribution in [0.5, 0.6) is 5.75 Å². The summed E-state index contributed by atoms with van der Waals surface area (Å²) in [6.45, 7) is 19.5. The number of aliphatic carboxylic acids is 1. The molecule has 0 aliphatic carbocycles. The van der Waals surface area contributed by atoms with Crippen LogP contribution in [0.1, 0.15) is 60.6 Å². The first-order valence-electron chi connectivity index (χ1n) is 13.0. The first kappa shape index (κ1) is 30.8. The SMILES string of the molecule is CC(=O)[O-].CC[N+](CC)(CC)CCCn1c(C)c(N)c2c(OCC(=O)OC(C)(C)C)c3c(=O)c(=O)c3cc21. The van der Waals surface area contributed by atoms with Gasteiger partial charge in [-0.3, -0.25) is 9.59 Å².